The minimum atomic E-state index is -4.95. The molecule has 488 valence electrons. The fourth-order valence-corrected chi connectivity index (χ4v) is 10.6. The molecule has 0 aliphatic heterocycles. The van der Waals surface area contributed by atoms with E-state index in [1.165, 1.54) is 103 Å². The van der Waals surface area contributed by atoms with Crippen LogP contribution in [0, 0.1) is 5.92 Å². The number of unbranched alkanes of at least 4 members (excludes halogenated alkanes) is 31. The lowest BCUT2D eigenvalue weighted by atomic mass is 10.0. The maximum absolute atomic E-state index is 13.0. The van der Waals surface area contributed by atoms with Crippen molar-refractivity contribution in [2.24, 2.45) is 5.92 Å². The predicted octanol–water partition coefficient (Wildman–Crippen LogP) is 17.3. The summed E-state index contributed by atoms with van der Waals surface area (Å²) in [5, 5.41) is 10.5. The largest absolute Gasteiger partial charge is 0.472 e. The van der Waals surface area contributed by atoms with E-state index in [-0.39, 0.29) is 25.7 Å². The Balaban J connectivity index is 5.25. The van der Waals surface area contributed by atoms with Crippen molar-refractivity contribution < 1.29 is 80.2 Å². The Labute approximate surface area is 503 Å². The third-order valence-corrected chi connectivity index (χ3v) is 16.1. The Morgan fingerprint density at radius 3 is 0.988 bits per heavy atom. The highest BCUT2D eigenvalue weighted by Crippen LogP contribution is 2.45. The molecule has 0 saturated heterocycles. The van der Waals surface area contributed by atoms with Crippen molar-refractivity contribution in [1.82, 2.24) is 0 Å². The van der Waals surface area contributed by atoms with E-state index in [0.29, 0.717) is 31.6 Å². The number of carbonyl (C=O) groups is 4. The van der Waals surface area contributed by atoms with Crippen LogP contribution in [0.15, 0.2) is 24.3 Å². The molecule has 0 spiro atoms. The van der Waals surface area contributed by atoms with Crippen LogP contribution in [0.5, 0.6) is 0 Å². The van der Waals surface area contributed by atoms with Gasteiger partial charge >= 0.3 is 39.5 Å². The summed E-state index contributed by atoms with van der Waals surface area (Å²) in [4.78, 5) is 72.1. The van der Waals surface area contributed by atoms with Crippen LogP contribution in [0.2, 0.25) is 0 Å². The predicted molar refractivity (Wildman–Crippen MR) is 331 cm³/mol. The number of hydrogen-bond donors (Lipinski definition) is 3. The van der Waals surface area contributed by atoms with Crippen LogP contribution >= 0.6 is 15.6 Å². The Morgan fingerprint density at radius 1 is 0.373 bits per heavy atom. The molecule has 2 unspecified atom stereocenters. The summed E-state index contributed by atoms with van der Waals surface area (Å²) in [6.07, 6.45) is 44.1. The fourth-order valence-electron chi connectivity index (χ4n) is 9.04. The van der Waals surface area contributed by atoms with Crippen LogP contribution in [0.25, 0.3) is 0 Å². The second kappa shape index (κ2) is 57.3. The number of phosphoric ester groups is 2. The van der Waals surface area contributed by atoms with E-state index in [1.807, 2.05) is 0 Å². The summed E-state index contributed by atoms with van der Waals surface area (Å²) in [6, 6.07) is 0. The molecular weight excluding hydrogens is 1100 g/mol. The minimum Gasteiger partial charge on any atom is -0.462 e. The van der Waals surface area contributed by atoms with Crippen LogP contribution in [0.4, 0.5) is 0 Å². The van der Waals surface area contributed by atoms with Gasteiger partial charge in [-0.05, 0) is 57.3 Å². The lowest BCUT2D eigenvalue weighted by Crippen LogP contribution is -2.30. The Kier molecular flexibility index (Phi) is 55.6. The second-order valence-electron chi connectivity index (χ2n) is 22.9. The zero-order valence-corrected chi connectivity index (χ0v) is 54.6. The van der Waals surface area contributed by atoms with Gasteiger partial charge in [0, 0.05) is 25.7 Å². The summed E-state index contributed by atoms with van der Waals surface area (Å²) in [7, 11) is -9.89. The first-order chi connectivity index (χ1) is 40.0. The quantitative estimate of drug-likeness (QED) is 0.0169. The smallest absolute Gasteiger partial charge is 0.462 e. The first kappa shape index (κ1) is 80.5. The van der Waals surface area contributed by atoms with Crippen LogP contribution in [-0.4, -0.2) is 96.7 Å². The maximum atomic E-state index is 13.0. The third-order valence-electron chi connectivity index (χ3n) is 14.2. The van der Waals surface area contributed by atoms with Crippen LogP contribution in [0.3, 0.4) is 0 Å². The van der Waals surface area contributed by atoms with Gasteiger partial charge in [-0.25, -0.2) is 9.13 Å². The molecule has 0 radical (unpaired) electrons. The molecule has 0 saturated carbocycles. The number of hydrogen-bond acceptors (Lipinski definition) is 15. The Morgan fingerprint density at radius 2 is 0.651 bits per heavy atom. The summed E-state index contributed by atoms with van der Waals surface area (Å²) in [5.74, 6) is -1.50. The molecule has 83 heavy (non-hydrogen) atoms. The van der Waals surface area contributed by atoms with Crippen molar-refractivity contribution in [2.75, 3.05) is 39.6 Å². The van der Waals surface area contributed by atoms with Gasteiger partial charge in [-0.15, -0.1) is 0 Å². The standard InChI is InChI=1S/C64H120O17P2/c1-6-9-12-15-18-21-23-24-25-26-28-30-33-39-44-49-63(68)80-59(53-75-62(67)48-43-38-32-29-27-22-19-16-13-10-7-2)55-78-82(70,71)76-51-58(65)52-77-83(72,73)79-56-60(54-74-61(66)47-42-37-31-20-17-14-11-8-3)81-64(69)50-45-40-35-34-36-41-46-57(4)5/h21,23-25,57-60,65H,6-20,22,26-56H2,1-5H3,(H,70,71)(H,72,73)/b23-21-,25-24-/t58-,59-,60-/m1/s1. The van der Waals surface area contributed by atoms with E-state index >= 15 is 0 Å². The molecule has 3 N–H and O–H groups in total. The van der Waals surface area contributed by atoms with Gasteiger partial charge in [-0.2, -0.15) is 0 Å². The molecule has 0 fully saturated rings. The van der Waals surface area contributed by atoms with E-state index in [2.05, 4.69) is 58.9 Å². The van der Waals surface area contributed by atoms with Gasteiger partial charge in [0.2, 0.25) is 0 Å². The number of rotatable bonds is 62. The van der Waals surface area contributed by atoms with Crippen molar-refractivity contribution in [3.63, 3.8) is 0 Å². The molecular formula is C64H120O17P2. The van der Waals surface area contributed by atoms with Crippen molar-refractivity contribution in [1.29, 1.82) is 0 Å². The molecule has 0 rings (SSSR count). The zero-order chi connectivity index (χ0) is 61.3. The number of esters is 4. The first-order valence-corrected chi connectivity index (χ1v) is 35.9. The van der Waals surface area contributed by atoms with E-state index in [9.17, 15) is 43.2 Å². The van der Waals surface area contributed by atoms with Gasteiger partial charge in [-0.1, -0.05) is 245 Å². The van der Waals surface area contributed by atoms with E-state index in [1.54, 1.807) is 0 Å². The number of phosphoric acid groups is 2. The maximum Gasteiger partial charge on any atom is 0.472 e. The monoisotopic (exact) mass is 1220 g/mol. The lowest BCUT2D eigenvalue weighted by Gasteiger charge is -2.21. The average molecular weight is 1220 g/mol. The molecule has 0 amide bonds. The third kappa shape index (κ3) is 58.3. The summed E-state index contributed by atoms with van der Waals surface area (Å²) < 4.78 is 67.8. The highest BCUT2D eigenvalue weighted by Gasteiger charge is 2.30. The number of aliphatic hydroxyl groups excluding tert-OH is 1. The molecule has 0 aliphatic carbocycles. The van der Waals surface area contributed by atoms with E-state index < -0.39 is 97.5 Å². The van der Waals surface area contributed by atoms with Gasteiger partial charge in [0.15, 0.2) is 12.2 Å². The minimum absolute atomic E-state index is 0.0850. The van der Waals surface area contributed by atoms with Gasteiger partial charge < -0.3 is 33.8 Å². The Bertz CT molecular complexity index is 1710. The SMILES string of the molecule is CCCCCC/C=C\C=C/CCCCCCCC(=O)O[C@H](COC(=O)CCCCCCCCCCCCC)COP(=O)(O)OC[C@@H](O)COP(=O)(O)OC[C@@H](COC(=O)CCCCCCCCCC)OC(=O)CCCCCCCCC(C)C. The summed E-state index contributed by atoms with van der Waals surface area (Å²) >= 11 is 0. The zero-order valence-electron chi connectivity index (χ0n) is 52.8. The molecule has 0 heterocycles. The first-order valence-electron chi connectivity index (χ1n) is 33.0. The van der Waals surface area contributed by atoms with Crippen molar-refractivity contribution in [3.05, 3.63) is 24.3 Å². The van der Waals surface area contributed by atoms with E-state index in [4.69, 9.17) is 37.0 Å². The van der Waals surface area contributed by atoms with Crippen molar-refractivity contribution in [3.8, 4) is 0 Å². The summed E-state index contributed by atoms with van der Waals surface area (Å²) in [5.41, 5.74) is 0. The second-order valence-corrected chi connectivity index (χ2v) is 25.8. The topological polar surface area (TPSA) is 237 Å². The molecule has 19 heteroatoms. The molecule has 17 nitrogen and oxygen atoms in total. The van der Waals surface area contributed by atoms with Gasteiger partial charge in [-0.3, -0.25) is 37.3 Å². The molecule has 5 atom stereocenters. The number of carbonyl (C=O) groups excluding carboxylic acids is 4. The highest BCUT2D eigenvalue weighted by molar-refractivity contribution is 7.47. The highest BCUT2D eigenvalue weighted by atomic mass is 31.2. The van der Waals surface area contributed by atoms with Crippen molar-refractivity contribution in [2.45, 2.75) is 316 Å². The molecule has 0 aromatic heterocycles. The van der Waals surface area contributed by atoms with Gasteiger partial charge in [0.25, 0.3) is 0 Å². The molecule has 0 aromatic carbocycles. The molecule has 0 aromatic rings. The average Bonchev–Trinajstić information content (AvgIpc) is 3.45. The van der Waals surface area contributed by atoms with Crippen LogP contribution in [0.1, 0.15) is 298 Å². The van der Waals surface area contributed by atoms with Gasteiger partial charge in [0.1, 0.15) is 19.3 Å². The fraction of sp³-hybridized carbons (Fsp3) is 0.875. The normalized spacial score (nSPS) is 14.4. The van der Waals surface area contributed by atoms with Crippen LogP contribution < -0.4 is 0 Å². The number of allylic oxidation sites excluding steroid dienone is 4. The van der Waals surface area contributed by atoms with Crippen LogP contribution in [-0.2, 0) is 65.4 Å². The lowest BCUT2D eigenvalue weighted by molar-refractivity contribution is -0.161. The number of ether oxygens (including phenoxy) is 4. The summed E-state index contributed by atoms with van der Waals surface area (Å²) in [6.45, 7) is 7.00. The van der Waals surface area contributed by atoms with Crippen molar-refractivity contribution >= 4 is 39.5 Å². The molecule has 0 bridgehead atoms. The van der Waals surface area contributed by atoms with Gasteiger partial charge in [0.05, 0.1) is 26.4 Å². The van der Waals surface area contributed by atoms with E-state index in [0.717, 1.165) is 109 Å². The number of aliphatic hydroxyl groups is 1. The molecule has 0 aliphatic rings. The Hall–Kier alpha value is -2.46.